The van der Waals surface area contributed by atoms with Gasteiger partial charge in [0, 0.05) is 25.3 Å². The Morgan fingerprint density at radius 3 is 2.85 bits per heavy atom. The molecule has 0 bridgehead atoms. The van der Waals surface area contributed by atoms with Crippen molar-refractivity contribution in [3.05, 3.63) is 35.4 Å². The molecule has 1 aromatic carbocycles. The number of carbonyl (C=O) groups is 1. The zero-order chi connectivity index (χ0) is 14.4. The minimum Gasteiger partial charge on any atom is -0.383 e. The van der Waals surface area contributed by atoms with E-state index in [0.717, 1.165) is 18.4 Å². The Labute approximate surface area is 119 Å². The van der Waals surface area contributed by atoms with Crippen molar-refractivity contribution in [2.45, 2.75) is 18.9 Å². The number of methoxy groups -OCH3 is 1. The van der Waals surface area contributed by atoms with Gasteiger partial charge in [0.2, 0.25) is 0 Å². The van der Waals surface area contributed by atoms with Crippen molar-refractivity contribution in [2.24, 2.45) is 5.73 Å². The summed E-state index contributed by atoms with van der Waals surface area (Å²) in [5.41, 5.74) is 6.79. The minimum atomic E-state index is 0.0338. The number of carbonyl (C=O) groups excluding carboxylic acids is 1. The van der Waals surface area contributed by atoms with Crippen LogP contribution in [0.15, 0.2) is 24.3 Å². The molecule has 1 aromatic rings. The van der Waals surface area contributed by atoms with Crippen LogP contribution in [0.4, 0.5) is 0 Å². The highest BCUT2D eigenvalue weighted by atomic mass is 16.5. The van der Waals surface area contributed by atoms with Gasteiger partial charge < -0.3 is 15.4 Å². The average Bonchev–Trinajstić information content (AvgIpc) is 3.30. The van der Waals surface area contributed by atoms with Gasteiger partial charge in [-0.1, -0.05) is 24.0 Å². The molecule has 4 nitrogen and oxygen atoms in total. The number of nitrogens with two attached hydrogens (primary N) is 1. The zero-order valence-corrected chi connectivity index (χ0v) is 11.8. The lowest BCUT2D eigenvalue weighted by molar-refractivity contribution is 0.0680. The Morgan fingerprint density at radius 2 is 2.20 bits per heavy atom. The van der Waals surface area contributed by atoms with Crippen LogP contribution in [0.2, 0.25) is 0 Å². The number of benzene rings is 1. The van der Waals surface area contributed by atoms with Crippen molar-refractivity contribution < 1.29 is 9.53 Å². The van der Waals surface area contributed by atoms with Crippen molar-refractivity contribution >= 4 is 5.91 Å². The van der Waals surface area contributed by atoms with Crippen LogP contribution in [-0.4, -0.2) is 43.7 Å². The molecule has 0 heterocycles. The standard InChI is InChI=1S/C16H20N2O2/c1-20-12-11-18(14-8-9-14)16(19)15-7-3-2-5-13(15)6-4-10-17/h2-3,5,7,14H,8-12,17H2,1H3. The number of amides is 1. The second kappa shape index (κ2) is 7.09. The molecule has 1 fully saturated rings. The predicted octanol–water partition coefficient (Wildman–Crippen LogP) is 1.25. The molecular weight excluding hydrogens is 252 g/mol. The van der Waals surface area contributed by atoms with Crippen molar-refractivity contribution in [2.75, 3.05) is 26.8 Å². The van der Waals surface area contributed by atoms with E-state index in [1.54, 1.807) is 7.11 Å². The van der Waals surface area contributed by atoms with Crippen LogP contribution in [0.25, 0.3) is 0 Å². The Hall–Kier alpha value is -1.83. The molecule has 106 valence electrons. The fraction of sp³-hybridized carbons (Fsp3) is 0.438. The third kappa shape index (κ3) is 3.60. The van der Waals surface area contributed by atoms with Crippen LogP contribution >= 0.6 is 0 Å². The fourth-order valence-corrected chi connectivity index (χ4v) is 2.11. The molecule has 1 amide bonds. The smallest absolute Gasteiger partial charge is 0.255 e. The molecule has 0 aliphatic heterocycles. The van der Waals surface area contributed by atoms with Crippen molar-refractivity contribution in [3.8, 4) is 11.8 Å². The minimum absolute atomic E-state index is 0.0338. The Balaban J connectivity index is 2.22. The molecule has 0 radical (unpaired) electrons. The van der Waals surface area contributed by atoms with E-state index in [9.17, 15) is 4.79 Å². The molecule has 2 N–H and O–H groups in total. The van der Waals surface area contributed by atoms with Crippen LogP contribution in [0.3, 0.4) is 0 Å². The summed E-state index contributed by atoms with van der Waals surface area (Å²) in [6, 6.07) is 7.78. The van der Waals surface area contributed by atoms with Gasteiger partial charge in [-0.2, -0.15) is 0 Å². The monoisotopic (exact) mass is 272 g/mol. The van der Waals surface area contributed by atoms with Gasteiger partial charge >= 0.3 is 0 Å². The Morgan fingerprint density at radius 1 is 1.45 bits per heavy atom. The highest BCUT2D eigenvalue weighted by Gasteiger charge is 2.33. The number of nitrogens with zero attached hydrogens (tertiary/aromatic N) is 1. The van der Waals surface area contributed by atoms with Gasteiger partial charge in [0.1, 0.15) is 0 Å². The summed E-state index contributed by atoms with van der Waals surface area (Å²) in [6.07, 6.45) is 2.15. The molecule has 20 heavy (non-hydrogen) atoms. The van der Waals surface area contributed by atoms with Crippen molar-refractivity contribution in [3.63, 3.8) is 0 Å². The summed E-state index contributed by atoms with van der Waals surface area (Å²) < 4.78 is 5.09. The van der Waals surface area contributed by atoms with Gasteiger partial charge in [0.15, 0.2) is 0 Å². The largest absolute Gasteiger partial charge is 0.383 e. The quantitative estimate of drug-likeness (QED) is 0.821. The molecule has 1 aliphatic carbocycles. The highest BCUT2D eigenvalue weighted by molar-refractivity contribution is 5.97. The first kappa shape index (κ1) is 14.6. The number of ether oxygens (including phenoxy) is 1. The zero-order valence-electron chi connectivity index (χ0n) is 11.8. The third-order valence-electron chi connectivity index (χ3n) is 3.27. The fourth-order valence-electron chi connectivity index (χ4n) is 2.11. The Bertz CT molecular complexity index is 527. The highest BCUT2D eigenvalue weighted by Crippen LogP contribution is 2.28. The van der Waals surface area contributed by atoms with E-state index >= 15 is 0 Å². The normalized spacial score (nSPS) is 13.5. The first-order valence-corrected chi connectivity index (χ1v) is 6.85. The van der Waals surface area contributed by atoms with Gasteiger partial charge in [-0.25, -0.2) is 0 Å². The number of hydrogen-bond acceptors (Lipinski definition) is 3. The lowest BCUT2D eigenvalue weighted by atomic mass is 10.1. The summed E-state index contributed by atoms with van der Waals surface area (Å²) in [4.78, 5) is 14.6. The molecule has 2 rings (SSSR count). The maximum Gasteiger partial charge on any atom is 0.255 e. The summed E-state index contributed by atoms with van der Waals surface area (Å²) in [5, 5.41) is 0. The van der Waals surface area contributed by atoms with Crippen molar-refractivity contribution in [1.82, 2.24) is 4.90 Å². The van der Waals surface area contributed by atoms with E-state index in [1.807, 2.05) is 29.2 Å². The van der Waals surface area contributed by atoms with Gasteiger partial charge in [0.05, 0.1) is 18.7 Å². The average molecular weight is 272 g/mol. The first-order valence-electron chi connectivity index (χ1n) is 6.85. The topological polar surface area (TPSA) is 55.6 Å². The molecule has 1 saturated carbocycles. The summed E-state index contributed by atoms with van der Waals surface area (Å²) in [7, 11) is 1.65. The van der Waals surface area contributed by atoms with Gasteiger partial charge in [-0.3, -0.25) is 4.79 Å². The van der Waals surface area contributed by atoms with Crippen LogP contribution in [-0.2, 0) is 4.74 Å². The molecular formula is C16H20N2O2. The van der Waals surface area contributed by atoms with E-state index < -0.39 is 0 Å². The molecule has 0 spiro atoms. The molecule has 0 aromatic heterocycles. The molecule has 1 aliphatic rings. The van der Waals surface area contributed by atoms with Gasteiger partial charge in [0.25, 0.3) is 5.91 Å². The van der Waals surface area contributed by atoms with Gasteiger partial charge in [-0.15, -0.1) is 0 Å². The lowest BCUT2D eigenvalue weighted by Crippen LogP contribution is -2.36. The SMILES string of the molecule is COCCN(C(=O)c1ccccc1C#CCN)C1CC1. The van der Waals surface area contributed by atoms with Crippen LogP contribution in [0, 0.1) is 11.8 Å². The molecule has 4 heteroatoms. The number of hydrogen-bond donors (Lipinski definition) is 1. The first-order chi connectivity index (χ1) is 9.77. The summed E-state index contributed by atoms with van der Waals surface area (Å²) in [6.45, 7) is 1.47. The molecule has 0 saturated heterocycles. The second-order valence-corrected chi connectivity index (χ2v) is 4.77. The van der Waals surface area contributed by atoms with E-state index in [2.05, 4.69) is 11.8 Å². The van der Waals surface area contributed by atoms with E-state index in [-0.39, 0.29) is 5.91 Å². The van der Waals surface area contributed by atoms with E-state index in [1.165, 1.54) is 0 Å². The second-order valence-electron chi connectivity index (χ2n) is 4.77. The van der Waals surface area contributed by atoms with E-state index in [0.29, 0.717) is 31.3 Å². The van der Waals surface area contributed by atoms with Crippen LogP contribution < -0.4 is 5.73 Å². The van der Waals surface area contributed by atoms with E-state index in [4.69, 9.17) is 10.5 Å². The predicted molar refractivity (Wildman–Crippen MR) is 78.3 cm³/mol. The van der Waals surface area contributed by atoms with Crippen LogP contribution in [0.5, 0.6) is 0 Å². The maximum absolute atomic E-state index is 12.7. The summed E-state index contributed by atoms with van der Waals surface area (Å²) in [5.74, 6) is 5.81. The molecule has 0 unspecified atom stereocenters. The maximum atomic E-state index is 12.7. The van der Waals surface area contributed by atoms with Gasteiger partial charge in [-0.05, 0) is 25.0 Å². The molecule has 0 atom stereocenters. The Kier molecular flexibility index (Phi) is 5.16. The van der Waals surface area contributed by atoms with Crippen LogP contribution in [0.1, 0.15) is 28.8 Å². The lowest BCUT2D eigenvalue weighted by Gasteiger charge is -2.22. The number of rotatable bonds is 5. The van der Waals surface area contributed by atoms with Crippen molar-refractivity contribution in [1.29, 1.82) is 0 Å². The summed E-state index contributed by atoms with van der Waals surface area (Å²) >= 11 is 0. The third-order valence-corrected chi connectivity index (χ3v) is 3.27.